The van der Waals surface area contributed by atoms with Crippen molar-refractivity contribution < 1.29 is 8.42 Å². The Morgan fingerprint density at radius 1 is 1.50 bits per heavy atom. The lowest BCUT2D eigenvalue weighted by Gasteiger charge is -2.15. The highest BCUT2D eigenvalue weighted by Gasteiger charge is 2.36. The van der Waals surface area contributed by atoms with Crippen LogP contribution < -0.4 is 5.73 Å². The average molecular weight is 376 g/mol. The number of aryl methyl sites for hydroxylation is 1. The Kier molecular flexibility index (Phi) is 5.25. The number of hydrogen-bond donors (Lipinski definition) is 1. The average Bonchev–Trinajstić information content (AvgIpc) is 2.72. The molecule has 1 aliphatic heterocycles. The van der Waals surface area contributed by atoms with E-state index in [1.807, 2.05) is 13.8 Å². The number of hydrogen-bond acceptors (Lipinski definition) is 4. The molecule has 2 unspecified atom stereocenters. The Morgan fingerprint density at radius 3 is 2.50 bits per heavy atom. The topological polar surface area (TPSA) is 63.4 Å². The lowest BCUT2D eigenvalue weighted by Crippen LogP contribution is -2.32. The Bertz CT molecular complexity index is 522. The molecule has 104 valence electrons. The van der Waals surface area contributed by atoms with Gasteiger partial charge in [0, 0.05) is 24.0 Å². The maximum absolute atomic E-state index is 12.4. The molecule has 2 N–H and O–H groups in total. The number of thiophene rings is 1. The van der Waals surface area contributed by atoms with Crippen LogP contribution in [0.4, 0.5) is 0 Å². The highest BCUT2D eigenvalue weighted by molar-refractivity contribution is 9.11. The predicted molar refractivity (Wildman–Crippen MR) is 79.9 cm³/mol. The highest BCUT2D eigenvalue weighted by Crippen LogP contribution is 2.33. The number of sulfonamides is 1. The fourth-order valence-electron chi connectivity index (χ4n) is 1.97. The Hall–Kier alpha value is 0.340. The molecule has 2 heterocycles. The molecule has 1 aromatic heterocycles. The second-order valence-corrected chi connectivity index (χ2v) is 8.98. The van der Waals surface area contributed by atoms with E-state index in [1.165, 1.54) is 15.6 Å². The summed E-state index contributed by atoms with van der Waals surface area (Å²) in [5.74, 6) is 0.215. The summed E-state index contributed by atoms with van der Waals surface area (Å²) in [7, 11) is -3.38. The molecule has 1 aliphatic rings. The van der Waals surface area contributed by atoms with E-state index < -0.39 is 10.0 Å². The van der Waals surface area contributed by atoms with Crippen LogP contribution in [-0.2, 0) is 10.0 Å². The normalized spacial score (nSPS) is 25.1. The third-order valence-electron chi connectivity index (χ3n) is 3.10. The molecule has 2 rings (SSSR count). The van der Waals surface area contributed by atoms with Crippen LogP contribution in [0.2, 0.25) is 0 Å². The lowest BCUT2D eigenvalue weighted by atomic mass is 10.1. The summed E-state index contributed by atoms with van der Waals surface area (Å²) in [6.07, 6.45) is 0. The molecule has 0 radical (unpaired) electrons. The second kappa shape index (κ2) is 5.76. The van der Waals surface area contributed by atoms with Gasteiger partial charge in [-0.25, -0.2) is 8.42 Å². The van der Waals surface area contributed by atoms with Crippen molar-refractivity contribution in [2.75, 3.05) is 13.1 Å². The lowest BCUT2D eigenvalue weighted by molar-refractivity contribution is 0.464. The molecule has 0 aliphatic carbocycles. The van der Waals surface area contributed by atoms with Gasteiger partial charge < -0.3 is 5.73 Å². The molecule has 8 heteroatoms. The first-order valence-corrected chi connectivity index (χ1v) is 8.39. The van der Waals surface area contributed by atoms with Gasteiger partial charge >= 0.3 is 0 Å². The first-order valence-electron chi connectivity index (χ1n) is 5.34. The zero-order valence-corrected chi connectivity index (χ0v) is 14.1. The molecular formula is C10H16BrClN2O2S2. The molecule has 0 saturated carbocycles. The van der Waals surface area contributed by atoms with Crippen LogP contribution in [0, 0.1) is 12.8 Å². The Labute approximate surface area is 126 Å². The van der Waals surface area contributed by atoms with Crippen molar-refractivity contribution in [1.29, 1.82) is 0 Å². The van der Waals surface area contributed by atoms with Crippen molar-refractivity contribution in [2.24, 2.45) is 11.7 Å². The first kappa shape index (κ1) is 16.4. The molecule has 18 heavy (non-hydrogen) atoms. The van der Waals surface area contributed by atoms with E-state index in [1.54, 1.807) is 6.07 Å². The summed E-state index contributed by atoms with van der Waals surface area (Å²) in [6.45, 7) is 4.73. The van der Waals surface area contributed by atoms with Gasteiger partial charge in [0.2, 0.25) is 10.0 Å². The quantitative estimate of drug-likeness (QED) is 0.862. The third-order valence-corrected chi connectivity index (χ3v) is 6.74. The van der Waals surface area contributed by atoms with Gasteiger partial charge in [0.1, 0.15) is 0 Å². The van der Waals surface area contributed by atoms with Crippen molar-refractivity contribution in [3.63, 3.8) is 0 Å². The summed E-state index contributed by atoms with van der Waals surface area (Å²) in [5, 5.41) is 0. The summed E-state index contributed by atoms with van der Waals surface area (Å²) in [4.78, 5) is 1.21. The van der Waals surface area contributed by atoms with Crippen LogP contribution in [0.1, 0.15) is 11.8 Å². The van der Waals surface area contributed by atoms with E-state index in [0.717, 1.165) is 8.66 Å². The Balaban J connectivity index is 0.00000162. The van der Waals surface area contributed by atoms with Crippen LogP contribution in [0.3, 0.4) is 0 Å². The number of halogens is 2. The largest absolute Gasteiger partial charge is 0.326 e. The first-order chi connectivity index (χ1) is 7.82. The maximum Gasteiger partial charge on any atom is 0.244 e. The number of nitrogens with zero attached hydrogens (tertiary/aromatic N) is 1. The van der Waals surface area contributed by atoms with Crippen LogP contribution >= 0.6 is 39.7 Å². The minimum absolute atomic E-state index is 0. The predicted octanol–water partition coefficient (Wildman–Crippen LogP) is 2.21. The van der Waals surface area contributed by atoms with Gasteiger partial charge in [-0.3, -0.25) is 0 Å². The standard InChI is InChI=1S/C10H15BrN2O2S2.ClH/c1-6-4-13(5-8(6)12)17(14,15)9-3-10(11)16-7(9)2;/h3,6,8H,4-5,12H2,1-2H3;1H. The van der Waals surface area contributed by atoms with Crippen molar-refractivity contribution in [2.45, 2.75) is 24.8 Å². The maximum atomic E-state index is 12.4. The van der Waals surface area contributed by atoms with Gasteiger partial charge in [-0.1, -0.05) is 6.92 Å². The molecule has 0 aromatic carbocycles. The van der Waals surface area contributed by atoms with E-state index in [-0.39, 0.29) is 24.4 Å². The molecule has 4 nitrogen and oxygen atoms in total. The molecule has 0 spiro atoms. The van der Waals surface area contributed by atoms with Gasteiger partial charge in [-0.2, -0.15) is 4.31 Å². The minimum Gasteiger partial charge on any atom is -0.326 e. The molecular weight excluding hydrogens is 360 g/mol. The number of rotatable bonds is 2. The molecule has 1 fully saturated rings. The van der Waals surface area contributed by atoms with Crippen LogP contribution in [0.15, 0.2) is 14.7 Å². The van der Waals surface area contributed by atoms with Gasteiger partial charge in [0.15, 0.2) is 0 Å². The van der Waals surface area contributed by atoms with E-state index in [9.17, 15) is 8.42 Å². The van der Waals surface area contributed by atoms with E-state index in [2.05, 4.69) is 15.9 Å². The van der Waals surface area contributed by atoms with Crippen LogP contribution in [0.25, 0.3) is 0 Å². The summed E-state index contributed by atoms with van der Waals surface area (Å²) in [6, 6.07) is 1.61. The monoisotopic (exact) mass is 374 g/mol. The summed E-state index contributed by atoms with van der Waals surface area (Å²) >= 11 is 4.75. The minimum atomic E-state index is -3.38. The van der Waals surface area contributed by atoms with Crippen LogP contribution in [0.5, 0.6) is 0 Å². The van der Waals surface area contributed by atoms with Crippen molar-refractivity contribution >= 4 is 49.7 Å². The van der Waals surface area contributed by atoms with Gasteiger partial charge in [0.25, 0.3) is 0 Å². The molecule has 0 amide bonds. The molecule has 1 saturated heterocycles. The second-order valence-electron chi connectivity index (χ2n) is 4.43. The van der Waals surface area contributed by atoms with E-state index >= 15 is 0 Å². The molecule has 2 atom stereocenters. The summed E-state index contributed by atoms with van der Waals surface area (Å²) in [5.41, 5.74) is 5.87. The zero-order chi connectivity index (χ0) is 12.8. The number of nitrogens with two attached hydrogens (primary N) is 1. The Morgan fingerprint density at radius 2 is 2.11 bits per heavy atom. The van der Waals surface area contributed by atoms with Crippen molar-refractivity contribution in [1.82, 2.24) is 4.31 Å². The smallest absolute Gasteiger partial charge is 0.244 e. The third kappa shape index (κ3) is 2.91. The molecule has 1 aromatic rings. The van der Waals surface area contributed by atoms with Gasteiger partial charge in [0.05, 0.1) is 8.68 Å². The summed E-state index contributed by atoms with van der Waals surface area (Å²) < 4.78 is 27.2. The highest BCUT2D eigenvalue weighted by atomic mass is 79.9. The van der Waals surface area contributed by atoms with Crippen molar-refractivity contribution in [3.8, 4) is 0 Å². The van der Waals surface area contributed by atoms with Gasteiger partial charge in [-0.15, -0.1) is 23.7 Å². The fraction of sp³-hybridized carbons (Fsp3) is 0.600. The zero-order valence-electron chi connectivity index (χ0n) is 10.1. The van der Waals surface area contributed by atoms with Crippen LogP contribution in [-0.4, -0.2) is 31.9 Å². The van der Waals surface area contributed by atoms with Crippen molar-refractivity contribution in [3.05, 3.63) is 14.7 Å². The van der Waals surface area contributed by atoms with E-state index in [0.29, 0.717) is 18.0 Å². The van der Waals surface area contributed by atoms with E-state index in [4.69, 9.17) is 5.73 Å². The SMILES string of the molecule is Cc1sc(Br)cc1S(=O)(=O)N1CC(C)C(N)C1.Cl. The molecule has 0 bridgehead atoms. The fourth-order valence-corrected chi connectivity index (χ4v) is 5.93. The van der Waals surface area contributed by atoms with Gasteiger partial charge in [-0.05, 0) is 34.8 Å².